The normalized spacial score (nSPS) is 23.0. The molecule has 3 heteroatoms. The monoisotopic (exact) mass is 163 g/mol. The second-order valence-corrected chi connectivity index (χ2v) is 2.31. The largest absolute Gasteiger partial charge is 0.478 e. The molecule has 0 unspecified atom stereocenters. The standard InChI is InChI=1S/C9H9NO2/c10-8-4-2-1-3-7(5-6-8)9(11)12/h1-6H,10H2,(H,11,12)/b2-1-,3-1?,4-2?,6-5?,7-3+,7-5?,8-4?,8-6?. The van der Waals surface area contributed by atoms with Crippen molar-refractivity contribution in [1.82, 2.24) is 0 Å². The number of rotatable bonds is 1. The molecular weight excluding hydrogens is 154 g/mol. The molecule has 0 amide bonds. The lowest BCUT2D eigenvalue weighted by atomic mass is 10.2. The van der Waals surface area contributed by atoms with E-state index in [1.54, 1.807) is 24.3 Å². The second kappa shape index (κ2) is 3.57. The Hall–Kier alpha value is -1.77. The molecule has 0 radical (unpaired) electrons. The number of aliphatic carboxylic acids is 1. The van der Waals surface area contributed by atoms with Gasteiger partial charge in [0.05, 0.1) is 5.57 Å². The molecule has 1 aliphatic rings. The Labute approximate surface area is 70.2 Å². The smallest absolute Gasteiger partial charge is 0.335 e. The van der Waals surface area contributed by atoms with E-state index in [4.69, 9.17) is 10.8 Å². The van der Waals surface area contributed by atoms with Gasteiger partial charge in [-0.25, -0.2) is 4.79 Å². The molecular formula is C9H9NO2. The summed E-state index contributed by atoms with van der Waals surface area (Å²) in [5.41, 5.74) is 6.23. The van der Waals surface area contributed by atoms with E-state index < -0.39 is 5.97 Å². The molecule has 3 nitrogen and oxygen atoms in total. The van der Waals surface area contributed by atoms with E-state index in [2.05, 4.69) is 0 Å². The van der Waals surface area contributed by atoms with Gasteiger partial charge in [0.15, 0.2) is 0 Å². The molecule has 0 fully saturated rings. The maximum atomic E-state index is 10.5. The van der Waals surface area contributed by atoms with Crippen LogP contribution in [-0.4, -0.2) is 11.1 Å². The first-order valence-corrected chi connectivity index (χ1v) is 3.45. The molecule has 0 saturated heterocycles. The fraction of sp³-hybridized carbons (Fsp3) is 0. The van der Waals surface area contributed by atoms with Gasteiger partial charge in [0.2, 0.25) is 0 Å². The highest BCUT2D eigenvalue weighted by Gasteiger charge is 2.01. The Bertz CT molecular complexity index is 308. The van der Waals surface area contributed by atoms with Crippen molar-refractivity contribution >= 4 is 5.97 Å². The van der Waals surface area contributed by atoms with Crippen LogP contribution in [0.3, 0.4) is 0 Å². The molecule has 0 bridgehead atoms. The van der Waals surface area contributed by atoms with E-state index in [0.29, 0.717) is 5.70 Å². The topological polar surface area (TPSA) is 63.3 Å². The zero-order valence-electron chi connectivity index (χ0n) is 6.40. The van der Waals surface area contributed by atoms with Gasteiger partial charge in [-0.3, -0.25) is 0 Å². The third-order valence-electron chi connectivity index (χ3n) is 1.38. The van der Waals surface area contributed by atoms with Crippen LogP contribution >= 0.6 is 0 Å². The van der Waals surface area contributed by atoms with Gasteiger partial charge in [-0.2, -0.15) is 0 Å². The van der Waals surface area contributed by atoms with Crippen LogP contribution in [0.1, 0.15) is 0 Å². The van der Waals surface area contributed by atoms with Crippen LogP contribution in [0.5, 0.6) is 0 Å². The van der Waals surface area contributed by atoms with Gasteiger partial charge in [-0.05, 0) is 24.3 Å². The quantitative estimate of drug-likeness (QED) is 0.605. The Morgan fingerprint density at radius 3 is 2.58 bits per heavy atom. The minimum Gasteiger partial charge on any atom is -0.478 e. The van der Waals surface area contributed by atoms with E-state index in [9.17, 15) is 4.79 Å². The van der Waals surface area contributed by atoms with Crippen LogP contribution < -0.4 is 5.73 Å². The number of carbonyl (C=O) groups is 1. The van der Waals surface area contributed by atoms with Crippen molar-refractivity contribution < 1.29 is 9.90 Å². The summed E-state index contributed by atoms with van der Waals surface area (Å²) in [4.78, 5) is 10.5. The van der Waals surface area contributed by atoms with Gasteiger partial charge in [-0.15, -0.1) is 0 Å². The molecule has 0 aliphatic heterocycles. The van der Waals surface area contributed by atoms with Crippen LogP contribution in [0.15, 0.2) is 47.7 Å². The lowest BCUT2D eigenvalue weighted by Gasteiger charge is -1.95. The average molecular weight is 163 g/mol. The van der Waals surface area contributed by atoms with Crippen molar-refractivity contribution in [3.63, 3.8) is 0 Å². The van der Waals surface area contributed by atoms with Crippen LogP contribution in [0, 0.1) is 0 Å². The highest BCUT2D eigenvalue weighted by molar-refractivity contribution is 5.90. The number of hydrogen-bond acceptors (Lipinski definition) is 2. The maximum Gasteiger partial charge on any atom is 0.335 e. The lowest BCUT2D eigenvalue weighted by molar-refractivity contribution is -0.132. The van der Waals surface area contributed by atoms with E-state index in [1.807, 2.05) is 0 Å². The Morgan fingerprint density at radius 1 is 1.25 bits per heavy atom. The number of hydrogen-bond donors (Lipinski definition) is 2. The van der Waals surface area contributed by atoms with Crippen molar-refractivity contribution in [2.75, 3.05) is 0 Å². The fourth-order valence-corrected chi connectivity index (χ4v) is 0.766. The molecule has 0 aromatic heterocycles. The third-order valence-corrected chi connectivity index (χ3v) is 1.38. The van der Waals surface area contributed by atoms with Gasteiger partial charge < -0.3 is 10.8 Å². The molecule has 62 valence electrons. The molecule has 0 atom stereocenters. The number of carboxylic acid groups (broad SMARTS) is 1. The van der Waals surface area contributed by atoms with Gasteiger partial charge >= 0.3 is 5.97 Å². The Balaban J connectivity index is 2.93. The summed E-state index contributed by atoms with van der Waals surface area (Å²) in [7, 11) is 0. The number of nitrogens with two attached hydrogens (primary N) is 1. The van der Waals surface area contributed by atoms with Crippen molar-refractivity contribution in [2.45, 2.75) is 0 Å². The molecule has 0 aromatic carbocycles. The molecule has 0 saturated carbocycles. The van der Waals surface area contributed by atoms with Gasteiger partial charge in [0.25, 0.3) is 0 Å². The minimum absolute atomic E-state index is 0.224. The first kappa shape index (κ1) is 8.33. The van der Waals surface area contributed by atoms with Crippen molar-refractivity contribution in [3.8, 4) is 0 Å². The average Bonchev–Trinajstić information content (AvgIpc) is 1.97. The number of allylic oxidation sites excluding steroid dienone is 5. The van der Waals surface area contributed by atoms with Crippen molar-refractivity contribution in [3.05, 3.63) is 47.7 Å². The third kappa shape index (κ3) is 2.12. The van der Waals surface area contributed by atoms with Crippen molar-refractivity contribution in [1.29, 1.82) is 0 Å². The predicted molar refractivity (Wildman–Crippen MR) is 46.3 cm³/mol. The van der Waals surface area contributed by atoms with Crippen molar-refractivity contribution in [2.24, 2.45) is 5.73 Å². The SMILES string of the molecule is NC1=C/C=C\C=C(\C(=O)O)C=C1. The van der Waals surface area contributed by atoms with E-state index in [-0.39, 0.29) is 5.57 Å². The van der Waals surface area contributed by atoms with Crippen LogP contribution in [0.4, 0.5) is 0 Å². The van der Waals surface area contributed by atoms with E-state index in [0.717, 1.165) is 0 Å². The van der Waals surface area contributed by atoms with Gasteiger partial charge in [0.1, 0.15) is 0 Å². The summed E-state index contributed by atoms with van der Waals surface area (Å²) < 4.78 is 0. The zero-order chi connectivity index (χ0) is 8.97. The summed E-state index contributed by atoms with van der Waals surface area (Å²) in [6.07, 6.45) is 9.58. The number of carboxylic acids is 1. The van der Waals surface area contributed by atoms with Crippen LogP contribution in [0.25, 0.3) is 0 Å². The summed E-state index contributed by atoms with van der Waals surface area (Å²) in [6.45, 7) is 0. The predicted octanol–water partition coefficient (Wildman–Crippen LogP) is 0.966. The maximum absolute atomic E-state index is 10.5. The highest BCUT2D eigenvalue weighted by atomic mass is 16.4. The summed E-state index contributed by atoms with van der Waals surface area (Å²) in [5, 5.41) is 8.63. The first-order valence-electron chi connectivity index (χ1n) is 3.45. The molecule has 0 heterocycles. The van der Waals surface area contributed by atoms with Gasteiger partial charge in [-0.1, -0.05) is 12.2 Å². The lowest BCUT2D eigenvalue weighted by Crippen LogP contribution is -1.99. The molecule has 1 rings (SSSR count). The molecule has 12 heavy (non-hydrogen) atoms. The minimum atomic E-state index is -0.953. The second-order valence-electron chi connectivity index (χ2n) is 2.31. The van der Waals surface area contributed by atoms with Crippen LogP contribution in [0.2, 0.25) is 0 Å². The molecule has 0 spiro atoms. The summed E-state index contributed by atoms with van der Waals surface area (Å²) in [6, 6.07) is 0. The highest BCUT2D eigenvalue weighted by Crippen LogP contribution is 2.03. The van der Waals surface area contributed by atoms with E-state index >= 15 is 0 Å². The Kier molecular flexibility index (Phi) is 2.48. The molecule has 1 aliphatic carbocycles. The zero-order valence-corrected chi connectivity index (χ0v) is 6.40. The molecule has 3 N–H and O–H groups in total. The van der Waals surface area contributed by atoms with E-state index in [1.165, 1.54) is 12.2 Å². The Morgan fingerprint density at radius 2 is 1.92 bits per heavy atom. The summed E-state index contributed by atoms with van der Waals surface area (Å²) in [5.74, 6) is -0.953. The van der Waals surface area contributed by atoms with Crippen LogP contribution in [-0.2, 0) is 4.79 Å². The van der Waals surface area contributed by atoms with Gasteiger partial charge in [0, 0.05) is 5.70 Å². The summed E-state index contributed by atoms with van der Waals surface area (Å²) >= 11 is 0. The fourth-order valence-electron chi connectivity index (χ4n) is 0.766. The molecule has 0 aromatic rings. The first-order chi connectivity index (χ1) is 5.70.